The molecule has 1 saturated heterocycles. The number of nitrogens with zero attached hydrogens (tertiary/aromatic N) is 2. The van der Waals surface area contributed by atoms with Gasteiger partial charge in [-0.25, -0.2) is 8.42 Å². The van der Waals surface area contributed by atoms with Crippen molar-refractivity contribution in [3.05, 3.63) is 40.6 Å². The molecule has 0 unspecified atom stereocenters. The van der Waals surface area contributed by atoms with E-state index in [0.717, 1.165) is 4.88 Å². The first-order chi connectivity index (χ1) is 13.4. The van der Waals surface area contributed by atoms with Crippen molar-refractivity contribution in [2.45, 2.75) is 11.3 Å². The van der Waals surface area contributed by atoms with Gasteiger partial charge in [0.05, 0.1) is 17.0 Å². The fourth-order valence-corrected chi connectivity index (χ4v) is 5.37. The van der Waals surface area contributed by atoms with Gasteiger partial charge < -0.3 is 15.0 Å². The fraction of sp³-hybridized carbons (Fsp3) is 0.333. The van der Waals surface area contributed by atoms with Crippen LogP contribution in [0.4, 0.5) is 5.69 Å². The normalized spacial score (nSPS) is 17.6. The summed E-state index contributed by atoms with van der Waals surface area (Å²) in [7, 11) is -3.72. The first-order valence-electron chi connectivity index (χ1n) is 8.80. The monoisotopic (exact) mass is 421 g/mol. The maximum atomic E-state index is 13.0. The van der Waals surface area contributed by atoms with Gasteiger partial charge in [-0.2, -0.15) is 4.31 Å². The summed E-state index contributed by atoms with van der Waals surface area (Å²) in [5, 5.41) is 4.55. The Morgan fingerprint density at radius 3 is 2.68 bits per heavy atom. The van der Waals surface area contributed by atoms with E-state index in [1.165, 1.54) is 27.8 Å². The van der Waals surface area contributed by atoms with Crippen LogP contribution >= 0.6 is 11.3 Å². The zero-order valence-corrected chi connectivity index (χ0v) is 16.6. The largest absolute Gasteiger partial charge is 0.482 e. The number of hydrogen-bond acceptors (Lipinski definition) is 6. The second kappa shape index (κ2) is 7.53. The summed E-state index contributed by atoms with van der Waals surface area (Å²) in [6.07, 6.45) is 0.342. The van der Waals surface area contributed by atoms with Crippen LogP contribution < -0.4 is 10.1 Å². The fourth-order valence-electron chi connectivity index (χ4n) is 3.22. The van der Waals surface area contributed by atoms with Crippen LogP contribution in [0.2, 0.25) is 0 Å². The number of fused-ring (bicyclic) bond motifs is 1. The predicted molar refractivity (Wildman–Crippen MR) is 104 cm³/mol. The highest BCUT2D eigenvalue weighted by Crippen LogP contribution is 2.31. The van der Waals surface area contributed by atoms with E-state index in [9.17, 15) is 18.0 Å². The molecule has 0 radical (unpaired) electrons. The standard InChI is InChI=1S/C18H19N3O5S2/c22-17-12-26-16-4-3-14(11-15(16)19-17)28(24,25)21-7-5-20(6-8-21)18(23)10-13-2-1-9-27-13/h1-4,9,11H,5-8,10,12H2,(H,19,22). The number of carbonyl (C=O) groups excluding carboxylic acids is 2. The number of anilines is 1. The maximum Gasteiger partial charge on any atom is 0.262 e. The van der Waals surface area contributed by atoms with Crippen molar-refractivity contribution in [3.63, 3.8) is 0 Å². The van der Waals surface area contributed by atoms with Crippen LogP contribution in [0.1, 0.15) is 4.88 Å². The van der Waals surface area contributed by atoms with Crippen molar-refractivity contribution in [2.75, 3.05) is 38.1 Å². The molecule has 2 aliphatic rings. The van der Waals surface area contributed by atoms with Crippen LogP contribution in [-0.4, -0.2) is 62.2 Å². The third-order valence-corrected chi connectivity index (χ3v) is 7.49. The number of carbonyl (C=O) groups is 2. The van der Waals surface area contributed by atoms with Crippen molar-refractivity contribution in [1.82, 2.24) is 9.21 Å². The van der Waals surface area contributed by atoms with Crippen molar-refractivity contribution in [2.24, 2.45) is 0 Å². The lowest BCUT2D eigenvalue weighted by molar-refractivity contribution is -0.131. The zero-order valence-electron chi connectivity index (χ0n) is 15.0. The van der Waals surface area contributed by atoms with E-state index in [-0.39, 0.29) is 36.4 Å². The highest BCUT2D eigenvalue weighted by Gasteiger charge is 2.31. The second-order valence-electron chi connectivity index (χ2n) is 6.54. The van der Waals surface area contributed by atoms with E-state index >= 15 is 0 Å². The molecule has 1 N–H and O–H groups in total. The third kappa shape index (κ3) is 3.75. The molecule has 0 saturated carbocycles. The predicted octanol–water partition coefficient (Wildman–Crippen LogP) is 1.15. The molecule has 3 heterocycles. The van der Waals surface area contributed by atoms with Crippen LogP contribution in [-0.2, 0) is 26.0 Å². The molecule has 2 aliphatic heterocycles. The molecule has 2 amide bonds. The van der Waals surface area contributed by atoms with Gasteiger partial charge in [-0.15, -0.1) is 11.3 Å². The van der Waals surface area contributed by atoms with Crippen LogP contribution in [0.25, 0.3) is 0 Å². The molecule has 2 aromatic rings. The Labute approximate surface area is 166 Å². The van der Waals surface area contributed by atoms with Gasteiger partial charge in [0, 0.05) is 31.1 Å². The van der Waals surface area contributed by atoms with Crippen molar-refractivity contribution in [3.8, 4) is 5.75 Å². The topological polar surface area (TPSA) is 96.0 Å². The van der Waals surface area contributed by atoms with Crippen molar-refractivity contribution in [1.29, 1.82) is 0 Å². The number of sulfonamides is 1. The summed E-state index contributed by atoms with van der Waals surface area (Å²) in [5.74, 6) is 0.135. The molecular weight excluding hydrogens is 402 g/mol. The average Bonchev–Trinajstić information content (AvgIpc) is 3.20. The van der Waals surface area contributed by atoms with E-state index in [1.54, 1.807) is 11.0 Å². The van der Waals surface area contributed by atoms with Gasteiger partial charge in [-0.05, 0) is 29.6 Å². The second-order valence-corrected chi connectivity index (χ2v) is 9.51. The first-order valence-corrected chi connectivity index (χ1v) is 11.1. The Kier molecular flexibility index (Phi) is 5.09. The molecule has 0 atom stereocenters. The van der Waals surface area contributed by atoms with Crippen molar-refractivity contribution >= 4 is 38.9 Å². The third-order valence-electron chi connectivity index (χ3n) is 4.72. The number of nitrogens with one attached hydrogen (secondary N) is 1. The number of thiophene rings is 1. The number of ether oxygens (including phenoxy) is 1. The van der Waals surface area contributed by atoms with Gasteiger partial charge in [-0.1, -0.05) is 6.07 Å². The first kappa shape index (κ1) is 18.9. The van der Waals surface area contributed by atoms with Gasteiger partial charge in [-0.3, -0.25) is 9.59 Å². The van der Waals surface area contributed by atoms with Gasteiger partial charge in [0.2, 0.25) is 15.9 Å². The number of benzene rings is 1. The van der Waals surface area contributed by atoms with Crippen molar-refractivity contribution < 1.29 is 22.7 Å². The molecule has 1 aromatic carbocycles. The van der Waals surface area contributed by atoms with Gasteiger partial charge in [0.15, 0.2) is 6.61 Å². The Morgan fingerprint density at radius 2 is 1.96 bits per heavy atom. The SMILES string of the molecule is O=C1COc2ccc(S(=O)(=O)N3CCN(C(=O)Cc4cccs4)CC3)cc2N1. The summed E-state index contributed by atoms with van der Waals surface area (Å²) in [4.78, 5) is 26.7. The average molecular weight is 422 g/mol. The van der Waals surface area contributed by atoms with E-state index in [1.807, 2.05) is 17.5 Å². The van der Waals surface area contributed by atoms with E-state index in [4.69, 9.17) is 4.74 Å². The van der Waals surface area contributed by atoms with Gasteiger partial charge in [0.1, 0.15) is 5.75 Å². The summed E-state index contributed by atoms with van der Waals surface area (Å²) >= 11 is 1.53. The number of hydrogen-bond donors (Lipinski definition) is 1. The molecule has 4 rings (SSSR count). The van der Waals surface area contributed by atoms with E-state index < -0.39 is 10.0 Å². The molecule has 0 aliphatic carbocycles. The molecule has 148 valence electrons. The molecular formula is C18H19N3O5S2. The van der Waals surface area contributed by atoms with E-state index in [2.05, 4.69) is 5.32 Å². The lowest BCUT2D eigenvalue weighted by Gasteiger charge is -2.34. The molecule has 0 spiro atoms. The van der Waals surface area contributed by atoms with Crippen LogP contribution in [0, 0.1) is 0 Å². The summed E-state index contributed by atoms with van der Waals surface area (Å²) in [5.41, 5.74) is 0.349. The summed E-state index contributed by atoms with van der Waals surface area (Å²) in [6, 6.07) is 8.25. The molecule has 1 aromatic heterocycles. The van der Waals surface area contributed by atoms with E-state index in [0.29, 0.717) is 30.9 Å². The van der Waals surface area contributed by atoms with Crippen LogP contribution in [0.15, 0.2) is 40.6 Å². The summed E-state index contributed by atoms with van der Waals surface area (Å²) in [6.45, 7) is 1.10. The minimum absolute atomic E-state index is 0.00754. The molecule has 1 fully saturated rings. The molecule has 8 nitrogen and oxygen atoms in total. The minimum atomic E-state index is -3.72. The van der Waals surface area contributed by atoms with Crippen LogP contribution in [0.3, 0.4) is 0 Å². The quantitative estimate of drug-likeness (QED) is 0.799. The Balaban J connectivity index is 1.43. The Hall–Kier alpha value is -2.43. The highest BCUT2D eigenvalue weighted by molar-refractivity contribution is 7.89. The number of piperazine rings is 1. The van der Waals surface area contributed by atoms with Gasteiger partial charge >= 0.3 is 0 Å². The maximum absolute atomic E-state index is 13.0. The lowest BCUT2D eigenvalue weighted by Crippen LogP contribution is -2.50. The zero-order chi connectivity index (χ0) is 19.7. The van der Waals surface area contributed by atoms with Crippen LogP contribution in [0.5, 0.6) is 5.75 Å². The Bertz CT molecular complexity index is 996. The smallest absolute Gasteiger partial charge is 0.262 e. The number of amides is 2. The molecule has 10 heteroatoms. The lowest BCUT2D eigenvalue weighted by atomic mass is 10.2. The Morgan fingerprint density at radius 1 is 1.18 bits per heavy atom. The number of rotatable bonds is 4. The minimum Gasteiger partial charge on any atom is -0.482 e. The molecule has 28 heavy (non-hydrogen) atoms. The summed E-state index contributed by atoms with van der Waals surface area (Å²) < 4.78 is 32.6. The molecule has 0 bridgehead atoms. The van der Waals surface area contributed by atoms with Gasteiger partial charge in [0.25, 0.3) is 5.91 Å². The highest BCUT2D eigenvalue weighted by atomic mass is 32.2.